The van der Waals surface area contributed by atoms with E-state index >= 15 is 0 Å². The number of halogens is 1. The summed E-state index contributed by atoms with van der Waals surface area (Å²) < 4.78 is 5.23. The molecule has 0 amide bonds. The molecule has 6 heteroatoms. The number of aryl methyl sites for hydroxylation is 1. The highest BCUT2D eigenvalue weighted by Gasteiger charge is 2.02. The number of nitrogens with one attached hydrogen (secondary N) is 1. The van der Waals surface area contributed by atoms with Gasteiger partial charge in [0.25, 0.3) is 11.2 Å². The molecule has 0 saturated carbocycles. The summed E-state index contributed by atoms with van der Waals surface area (Å²) >= 11 is 10.9. The molecule has 0 aliphatic heterocycles. The van der Waals surface area contributed by atoms with Crippen molar-refractivity contribution in [2.75, 3.05) is 5.32 Å². The Hall–Kier alpha value is -2.11. The van der Waals surface area contributed by atoms with Crippen LogP contribution >= 0.6 is 23.8 Å². The highest BCUT2D eigenvalue weighted by atomic mass is 35.5. The van der Waals surface area contributed by atoms with Gasteiger partial charge in [0.05, 0.1) is 5.69 Å². The molecule has 4 nitrogen and oxygen atoms in total. The Morgan fingerprint density at radius 2 is 1.76 bits per heavy atom. The number of anilines is 1. The van der Waals surface area contributed by atoms with Gasteiger partial charge in [-0.15, -0.1) is 0 Å². The Bertz CT molecular complexity index is 654. The van der Waals surface area contributed by atoms with Crippen LogP contribution in [-0.4, -0.2) is 11.2 Å². The molecular formula is C15H14ClN3OS. The van der Waals surface area contributed by atoms with E-state index in [1.54, 1.807) is 24.3 Å². The fourth-order valence-electron chi connectivity index (χ4n) is 1.54. The lowest BCUT2D eigenvalue weighted by molar-refractivity contribution is 0.549. The zero-order chi connectivity index (χ0) is 15.2. The zero-order valence-corrected chi connectivity index (χ0v) is 12.9. The van der Waals surface area contributed by atoms with Crippen molar-refractivity contribution in [2.45, 2.75) is 6.92 Å². The van der Waals surface area contributed by atoms with Crippen LogP contribution in [0.25, 0.3) is 0 Å². The normalized spacial score (nSPS) is 11.0. The number of hydrogen-bond acceptors (Lipinski definition) is 3. The minimum Gasteiger partial charge on any atom is -0.398 e. The van der Waals surface area contributed by atoms with Gasteiger partial charge in [-0.25, -0.2) is 0 Å². The lowest BCUT2D eigenvalue weighted by Crippen LogP contribution is -2.24. The van der Waals surface area contributed by atoms with Crippen molar-refractivity contribution in [3.8, 4) is 0 Å². The average molecular weight is 320 g/mol. The average Bonchev–Trinajstić information content (AvgIpc) is 2.44. The van der Waals surface area contributed by atoms with Gasteiger partial charge in [-0.1, -0.05) is 29.3 Å². The second-order valence-corrected chi connectivity index (χ2v) is 5.11. The first-order valence-corrected chi connectivity index (χ1v) is 6.97. The maximum absolute atomic E-state index is 5.79. The summed E-state index contributed by atoms with van der Waals surface area (Å²) in [6.45, 7) is 2.01. The van der Waals surface area contributed by atoms with Crippen LogP contribution in [0.4, 0.5) is 11.4 Å². The molecule has 108 valence electrons. The highest BCUT2D eigenvalue weighted by Crippen LogP contribution is 2.16. The third-order valence-corrected chi connectivity index (χ3v) is 3.00. The molecule has 0 saturated heterocycles. The number of nitrogens with two attached hydrogens (primary N) is 1. The number of rotatable bonds is 2. The molecule has 0 fully saturated rings. The molecule has 0 heterocycles. The van der Waals surface area contributed by atoms with Gasteiger partial charge in [-0.05, 0) is 55.5 Å². The Balaban J connectivity index is 1.95. The van der Waals surface area contributed by atoms with Gasteiger partial charge in [0.2, 0.25) is 0 Å². The Morgan fingerprint density at radius 1 is 1.14 bits per heavy atom. The Kier molecular flexibility index (Phi) is 5.14. The number of hydrogen-bond donors (Lipinski definition) is 2. The molecule has 2 aromatic rings. The van der Waals surface area contributed by atoms with Crippen LogP contribution in [0.3, 0.4) is 0 Å². The molecule has 2 rings (SSSR count). The number of nitrogens with zero attached hydrogens (tertiary/aromatic N) is 1. The molecule has 0 aromatic heterocycles. The number of aliphatic imine (C=N–C) groups is 1. The van der Waals surface area contributed by atoms with Crippen LogP contribution in [0.1, 0.15) is 5.56 Å². The highest BCUT2D eigenvalue weighted by molar-refractivity contribution is 7.80. The number of benzene rings is 2. The summed E-state index contributed by atoms with van der Waals surface area (Å²) in [5.41, 5.74) is 8.31. The van der Waals surface area contributed by atoms with Gasteiger partial charge in [0, 0.05) is 10.7 Å². The molecule has 0 spiro atoms. The van der Waals surface area contributed by atoms with Crippen LogP contribution in [0, 0.1) is 6.92 Å². The van der Waals surface area contributed by atoms with Gasteiger partial charge in [0.1, 0.15) is 0 Å². The van der Waals surface area contributed by atoms with Gasteiger partial charge in [-0.2, -0.15) is 4.99 Å². The third-order valence-electron chi connectivity index (χ3n) is 2.56. The van der Waals surface area contributed by atoms with Crippen LogP contribution in [-0.2, 0) is 4.74 Å². The molecule has 0 radical (unpaired) electrons. The second kappa shape index (κ2) is 7.06. The van der Waals surface area contributed by atoms with Gasteiger partial charge >= 0.3 is 0 Å². The van der Waals surface area contributed by atoms with E-state index in [-0.39, 0.29) is 11.2 Å². The SMILES string of the molecule is Cc1ccc(NC(=S)OC(N)=Nc2ccc(Cl)cc2)cc1. The Morgan fingerprint density at radius 3 is 2.38 bits per heavy atom. The van der Waals surface area contributed by atoms with Crippen molar-refractivity contribution in [1.29, 1.82) is 0 Å². The second-order valence-electron chi connectivity index (χ2n) is 4.31. The van der Waals surface area contributed by atoms with Crippen LogP contribution in [0.2, 0.25) is 5.02 Å². The van der Waals surface area contributed by atoms with E-state index in [4.69, 9.17) is 34.3 Å². The largest absolute Gasteiger partial charge is 0.398 e. The van der Waals surface area contributed by atoms with Crippen LogP contribution < -0.4 is 11.1 Å². The van der Waals surface area contributed by atoms with E-state index < -0.39 is 0 Å². The van der Waals surface area contributed by atoms with Crippen molar-refractivity contribution in [3.63, 3.8) is 0 Å². The minimum atomic E-state index is -0.0399. The molecule has 0 unspecified atom stereocenters. The summed E-state index contributed by atoms with van der Waals surface area (Å²) in [7, 11) is 0. The van der Waals surface area contributed by atoms with E-state index in [9.17, 15) is 0 Å². The summed E-state index contributed by atoms with van der Waals surface area (Å²) in [6.07, 6.45) is 0. The smallest absolute Gasteiger partial charge is 0.294 e. The molecule has 0 bridgehead atoms. The number of thiocarbonyl (C=S) groups is 1. The molecule has 0 aliphatic carbocycles. The van der Waals surface area contributed by atoms with Gasteiger partial charge in [-0.3, -0.25) is 0 Å². The Labute approximate surface area is 133 Å². The van der Waals surface area contributed by atoms with Crippen molar-refractivity contribution < 1.29 is 4.74 Å². The molecule has 0 aliphatic rings. The van der Waals surface area contributed by atoms with Crippen molar-refractivity contribution in [2.24, 2.45) is 10.7 Å². The van der Waals surface area contributed by atoms with Crippen molar-refractivity contribution >= 4 is 46.4 Å². The first-order valence-electron chi connectivity index (χ1n) is 6.18. The molecule has 0 atom stereocenters. The summed E-state index contributed by atoms with van der Waals surface area (Å²) in [6, 6.07) is 14.6. The lowest BCUT2D eigenvalue weighted by Gasteiger charge is -2.08. The minimum absolute atomic E-state index is 0.0399. The third kappa shape index (κ3) is 5.06. The first-order chi connectivity index (χ1) is 10.0. The van der Waals surface area contributed by atoms with Gasteiger partial charge < -0.3 is 15.8 Å². The van der Waals surface area contributed by atoms with Crippen LogP contribution in [0.15, 0.2) is 53.5 Å². The van der Waals surface area contributed by atoms with E-state index in [0.717, 1.165) is 11.3 Å². The van der Waals surface area contributed by atoms with E-state index in [1.165, 1.54) is 0 Å². The molecule has 21 heavy (non-hydrogen) atoms. The fraction of sp³-hybridized carbons (Fsp3) is 0.0667. The van der Waals surface area contributed by atoms with Gasteiger partial charge in [0.15, 0.2) is 0 Å². The van der Waals surface area contributed by atoms with E-state index in [1.807, 2.05) is 31.2 Å². The van der Waals surface area contributed by atoms with E-state index in [2.05, 4.69) is 10.3 Å². The first kappa shape index (κ1) is 15.3. The standard InChI is InChI=1S/C15H14ClN3OS/c1-10-2-6-13(7-3-10)19-15(21)20-14(17)18-12-8-4-11(16)5-9-12/h2-9H,1H3,(H2,17,18)(H,19,21). The molecule has 2 aromatic carbocycles. The summed E-state index contributed by atoms with van der Waals surface area (Å²) in [5.74, 6) is 0. The summed E-state index contributed by atoms with van der Waals surface area (Å²) in [5, 5.41) is 3.69. The predicted octanol–water partition coefficient (Wildman–Crippen LogP) is 4.01. The monoisotopic (exact) mass is 319 g/mol. The van der Waals surface area contributed by atoms with E-state index in [0.29, 0.717) is 10.7 Å². The maximum atomic E-state index is 5.79. The maximum Gasteiger partial charge on any atom is 0.294 e. The zero-order valence-electron chi connectivity index (χ0n) is 11.3. The number of ether oxygens (including phenoxy) is 1. The predicted molar refractivity (Wildman–Crippen MR) is 91.2 cm³/mol. The number of amidine groups is 1. The summed E-state index contributed by atoms with van der Waals surface area (Å²) in [4.78, 5) is 4.08. The molecule has 3 N–H and O–H groups in total. The topological polar surface area (TPSA) is 59.6 Å². The van der Waals surface area contributed by atoms with Crippen LogP contribution in [0.5, 0.6) is 0 Å². The van der Waals surface area contributed by atoms with Crippen molar-refractivity contribution in [1.82, 2.24) is 0 Å². The quantitative estimate of drug-likeness (QED) is 0.499. The molecular weight excluding hydrogens is 306 g/mol. The fourth-order valence-corrected chi connectivity index (χ4v) is 1.87. The lowest BCUT2D eigenvalue weighted by atomic mass is 10.2. The van der Waals surface area contributed by atoms with Crippen molar-refractivity contribution in [3.05, 3.63) is 59.1 Å².